The largest absolute Gasteiger partial charge is 0.494 e. The van der Waals surface area contributed by atoms with Crippen molar-refractivity contribution in [3.63, 3.8) is 0 Å². The molecule has 0 unspecified atom stereocenters. The fourth-order valence-electron chi connectivity index (χ4n) is 1.68. The average molecular weight is 327 g/mol. The van der Waals surface area contributed by atoms with E-state index in [-0.39, 0.29) is 17.5 Å². The molecule has 5 nitrogen and oxygen atoms in total. The molecule has 0 radical (unpaired) electrons. The van der Waals surface area contributed by atoms with Crippen molar-refractivity contribution < 1.29 is 18.3 Å². The molecule has 0 bridgehead atoms. The second-order valence-electron chi connectivity index (χ2n) is 4.56. The van der Waals surface area contributed by atoms with Gasteiger partial charge in [0.2, 0.25) is 11.0 Å². The monoisotopic (exact) mass is 327 g/mol. The van der Waals surface area contributed by atoms with Gasteiger partial charge in [-0.1, -0.05) is 23.5 Å². The minimum absolute atomic E-state index is 0.0832. The number of amides is 1. The van der Waals surface area contributed by atoms with E-state index in [2.05, 4.69) is 15.5 Å². The fourth-order valence-corrected chi connectivity index (χ4v) is 2.30. The highest BCUT2D eigenvalue weighted by molar-refractivity contribution is 7.15. The molecule has 0 fully saturated rings. The lowest BCUT2D eigenvalue weighted by Gasteiger charge is -2.06. The third-order valence-electron chi connectivity index (χ3n) is 2.68. The van der Waals surface area contributed by atoms with Crippen molar-refractivity contribution in [1.82, 2.24) is 10.2 Å². The van der Waals surface area contributed by atoms with Gasteiger partial charge < -0.3 is 10.1 Å². The molecule has 1 heterocycles. The first-order valence-corrected chi connectivity index (χ1v) is 7.47. The first kappa shape index (κ1) is 16.3. The highest BCUT2D eigenvalue weighted by Crippen LogP contribution is 2.25. The number of halogens is 2. The van der Waals surface area contributed by atoms with Crippen LogP contribution in [0.5, 0.6) is 5.75 Å². The van der Waals surface area contributed by atoms with Gasteiger partial charge in [-0.25, -0.2) is 8.78 Å². The Morgan fingerprint density at radius 2 is 2.23 bits per heavy atom. The van der Waals surface area contributed by atoms with Gasteiger partial charge in [-0.05, 0) is 31.0 Å². The smallest absolute Gasteiger partial charge is 0.291 e. The first-order valence-electron chi connectivity index (χ1n) is 6.65. The van der Waals surface area contributed by atoms with Crippen LogP contribution < -0.4 is 10.1 Å². The van der Waals surface area contributed by atoms with Crippen LogP contribution in [0.25, 0.3) is 0 Å². The molecule has 0 saturated heterocycles. The van der Waals surface area contributed by atoms with Gasteiger partial charge in [0.05, 0.1) is 6.61 Å². The molecule has 2 rings (SSSR count). The van der Waals surface area contributed by atoms with Gasteiger partial charge in [0.1, 0.15) is 5.75 Å². The van der Waals surface area contributed by atoms with Crippen LogP contribution in [-0.2, 0) is 4.79 Å². The van der Waals surface area contributed by atoms with Crippen molar-refractivity contribution in [3.05, 3.63) is 34.8 Å². The van der Waals surface area contributed by atoms with E-state index in [1.165, 1.54) is 0 Å². The Morgan fingerprint density at radius 3 is 2.91 bits per heavy atom. The molecule has 1 aromatic carbocycles. The molecule has 8 heteroatoms. The molecule has 0 aliphatic rings. The summed E-state index contributed by atoms with van der Waals surface area (Å²) in [5.74, 6) is 0.455. The molecule has 1 N–H and O–H groups in total. The SMILES string of the molecule is Cc1cccc(OCCCC(=O)Nc2nnc(C(F)F)s2)c1. The van der Waals surface area contributed by atoms with Crippen LogP contribution in [0, 0.1) is 6.92 Å². The number of alkyl halides is 2. The van der Waals surface area contributed by atoms with Crippen molar-refractivity contribution in [2.75, 3.05) is 11.9 Å². The van der Waals surface area contributed by atoms with Gasteiger partial charge in [0.15, 0.2) is 5.01 Å². The summed E-state index contributed by atoms with van der Waals surface area (Å²) >= 11 is 0.672. The van der Waals surface area contributed by atoms with Crippen molar-refractivity contribution in [2.24, 2.45) is 0 Å². The van der Waals surface area contributed by atoms with Gasteiger partial charge in [-0.2, -0.15) is 0 Å². The highest BCUT2D eigenvalue weighted by atomic mass is 32.1. The summed E-state index contributed by atoms with van der Waals surface area (Å²) in [4.78, 5) is 11.6. The van der Waals surface area contributed by atoms with E-state index in [1.807, 2.05) is 31.2 Å². The number of carbonyl (C=O) groups excluding carboxylic acids is 1. The van der Waals surface area contributed by atoms with Crippen LogP contribution in [0.2, 0.25) is 0 Å². The van der Waals surface area contributed by atoms with E-state index in [1.54, 1.807) is 0 Å². The third-order valence-corrected chi connectivity index (χ3v) is 3.53. The molecule has 22 heavy (non-hydrogen) atoms. The number of anilines is 1. The number of ether oxygens (including phenoxy) is 1. The van der Waals surface area contributed by atoms with Gasteiger partial charge in [0, 0.05) is 6.42 Å². The Balaban J connectivity index is 1.69. The number of benzene rings is 1. The van der Waals surface area contributed by atoms with Crippen molar-refractivity contribution in [1.29, 1.82) is 0 Å². The molecule has 0 aliphatic heterocycles. The van der Waals surface area contributed by atoms with E-state index in [0.29, 0.717) is 24.4 Å². The fraction of sp³-hybridized carbons (Fsp3) is 0.357. The minimum Gasteiger partial charge on any atom is -0.494 e. The lowest BCUT2D eigenvalue weighted by molar-refractivity contribution is -0.116. The van der Waals surface area contributed by atoms with Crippen LogP contribution in [-0.4, -0.2) is 22.7 Å². The Hall–Kier alpha value is -2.09. The number of aryl methyl sites for hydroxylation is 1. The standard InChI is InChI=1S/C14H15F2N3O2S/c1-9-4-2-5-10(8-9)21-7-3-6-11(20)17-14-19-18-13(22-14)12(15)16/h2,4-5,8,12H,3,6-7H2,1H3,(H,17,19,20). The molecule has 0 spiro atoms. The Kier molecular flexibility index (Phi) is 5.76. The number of nitrogens with zero attached hydrogens (tertiary/aromatic N) is 2. The van der Waals surface area contributed by atoms with Gasteiger partial charge in [-0.3, -0.25) is 4.79 Å². The molecular weight excluding hydrogens is 312 g/mol. The van der Waals surface area contributed by atoms with Crippen molar-refractivity contribution in [3.8, 4) is 5.75 Å². The number of hydrogen-bond acceptors (Lipinski definition) is 5. The maximum atomic E-state index is 12.3. The summed E-state index contributed by atoms with van der Waals surface area (Å²) in [6.45, 7) is 2.37. The van der Waals surface area contributed by atoms with Crippen LogP contribution in [0.1, 0.15) is 29.8 Å². The van der Waals surface area contributed by atoms with Gasteiger partial charge >= 0.3 is 0 Å². The number of carbonyl (C=O) groups is 1. The Morgan fingerprint density at radius 1 is 1.41 bits per heavy atom. The summed E-state index contributed by atoms with van der Waals surface area (Å²) in [6.07, 6.45) is -1.94. The normalized spacial score (nSPS) is 10.7. The Labute approximate surface area is 130 Å². The number of hydrogen-bond donors (Lipinski definition) is 1. The Bertz CT molecular complexity index is 634. The molecule has 0 saturated carbocycles. The number of rotatable bonds is 7. The third kappa shape index (κ3) is 5.03. The molecule has 0 atom stereocenters. The quantitative estimate of drug-likeness (QED) is 0.790. The molecule has 1 amide bonds. The molecule has 1 aromatic heterocycles. The zero-order valence-corrected chi connectivity index (χ0v) is 12.7. The zero-order valence-electron chi connectivity index (χ0n) is 11.9. The maximum Gasteiger partial charge on any atom is 0.291 e. The lowest BCUT2D eigenvalue weighted by Crippen LogP contribution is -2.12. The predicted molar refractivity (Wildman–Crippen MR) is 79.4 cm³/mol. The van der Waals surface area contributed by atoms with Gasteiger partial charge in [-0.15, -0.1) is 10.2 Å². The molecule has 118 valence electrons. The van der Waals surface area contributed by atoms with E-state index in [0.717, 1.165) is 11.3 Å². The predicted octanol–water partition coefficient (Wildman–Crippen LogP) is 3.58. The van der Waals surface area contributed by atoms with Crippen LogP contribution in [0.3, 0.4) is 0 Å². The van der Waals surface area contributed by atoms with Crippen LogP contribution >= 0.6 is 11.3 Å². The van der Waals surface area contributed by atoms with Crippen LogP contribution in [0.15, 0.2) is 24.3 Å². The average Bonchev–Trinajstić information content (AvgIpc) is 2.92. The summed E-state index contributed by atoms with van der Waals surface area (Å²) in [6, 6.07) is 7.62. The maximum absolute atomic E-state index is 12.3. The second-order valence-corrected chi connectivity index (χ2v) is 5.57. The van der Waals surface area contributed by atoms with Crippen molar-refractivity contribution >= 4 is 22.4 Å². The summed E-state index contributed by atoms with van der Waals surface area (Å²) in [7, 11) is 0. The summed E-state index contributed by atoms with van der Waals surface area (Å²) in [5.41, 5.74) is 1.10. The second kappa shape index (κ2) is 7.79. The van der Waals surface area contributed by atoms with Gasteiger partial charge in [0.25, 0.3) is 6.43 Å². The lowest BCUT2D eigenvalue weighted by atomic mass is 10.2. The molecular formula is C14H15F2N3O2S. The topological polar surface area (TPSA) is 64.1 Å². The zero-order chi connectivity index (χ0) is 15.9. The van der Waals surface area contributed by atoms with E-state index < -0.39 is 11.4 Å². The molecule has 2 aromatic rings. The summed E-state index contributed by atoms with van der Waals surface area (Å²) in [5, 5.41) is 8.90. The van der Waals surface area contributed by atoms with E-state index in [4.69, 9.17) is 4.74 Å². The van der Waals surface area contributed by atoms with E-state index in [9.17, 15) is 13.6 Å². The number of aromatic nitrogens is 2. The summed E-state index contributed by atoms with van der Waals surface area (Å²) < 4.78 is 30.2. The molecule has 0 aliphatic carbocycles. The minimum atomic E-state index is -2.68. The first-order chi connectivity index (χ1) is 10.5. The highest BCUT2D eigenvalue weighted by Gasteiger charge is 2.15. The number of nitrogens with one attached hydrogen (secondary N) is 1. The van der Waals surface area contributed by atoms with Crippen molar-refractivity contribution in [2.45, 2.75) is 26.2 Å². The van der Waals surface area contributed by atoms with Crippen LogP contribution in [0.4, 0.5) is 13.9 Å². The van der Waals surface area contributed by atoms with E-state index >= 15 is 0 Å².